The number of rotatable bonds is 5. The number of fused-ring (bicyclic) bond motifs is 1. The number of hydrogen-bond donors (Lipinski definition) is 2. The van der Waals surface area contributed by atoms with Gasteiger partial charge in [-0.15, -0.1) is 0 Å². The maximum Gasteiger partial charge on any atom is 0.417 e. The van der Waals surface area contributed by atoms with Gasteiger partial charge in [-0.25, -0.2) is 0 Å². The van der Waals surface area contributed by atoms with Crippen molar-refractivity contribution in [3.63, 3.8) is 0 Å². The van der Waals surface area contributed by atoms with Crippen LogP contribution >= 0.6 is 11.6 Å². The second-order valence-corrected chi connectivity index (χ2v) is 6.29. The highest BCUT2D eigenvalue weighted by atomic mass is 35.5. The van der Waals surface area contributed by atoms with Gasteiger partial charge in [0, 0.05) is 18.4 Å². The number of alkyl halides is 3. The number of amides is 1. The Labute approximate surface area is 168 Å². The number of nitrogens with zero attached hydrogens (tertiary/aromatic N) is 1. The molecule has 3 rings (SSSR count). The third-order valence-corrected chi connectivity index (χ3v) is 4.21. The molecule has 1 aliphatic rings. The first kappa shape index (κ1) is 20.4. The van der Waals surface area contributed by atoms with Crippen molar-refractivity contribution >= 4 is 23.2 Å². The molecular weight excluding hydrogens is 411 g/mol. The third-order valence-electron chi connectivity index (χ3n) is 3.88. The van der Waals surface area contributed by atoms with Crippen molar-refractivity contribution in [1.82, 2.24) is 5.32 Å². The van der Waals surface area contributed by atoms with E-state index in [-0.39, 0.29) is 24.6 Å². The summed E-state index contributed by atoms with van der Waals surface area (Å²) in [6.07, 6.45) is -3.49. The van der Waals surface area contributed by atoms with Crippen LogP contribution in [0.4, 0.5) is 18.9 Å². The molecule has 0 radical (unpaired) electrons. The fourth-order valence-corrected chi connectivity index (χ4v) is 2.71. The van der Waals surface area contributed by atoms with Gasteiger partial charge in [0.15, 0.2) is 11.5 Å². The summed E-state index contributed by atoms with van der Waals surface area (Å²) < 4.78 is 49.2. The molecule has 2 N–H and O–H groups in total. The summed E-state index contributed by atoms with van der Waals surface area (Å²) in [6.45, 7) is 0.430. The van der Waals surface area contributed by atoms with Gasteiger partial charge < -0.3 is 20.1 Å². The molecule has 0 aromatic heterocycles. The summed E-state index contributed by atoms with van der Waals surface area (Å²) in [5.74, 6) is 0.360. The molecule has 2 aromatic rings. The van der Waals surface area contributed by atoms with E-state index in [1.54, 1.807) is 24.3 Å². The second-order valence-electron chi connectivity index (χ2n) is 5.88. The zero-order valence-electron chi connectivity index (χ0n) is 14.6. The highest BCUT2D eigenvalue weighted by molar-refractivity contribution is 6.31. The molecule has 0 aliphatic carbocycles. The lowest BCUT2D eigenvalue weighted by atomic mass is 10.2. The van der Waals surface area contributed by atoms with E-state index in [9.17, 15) is 18.0 Å². The Morgan fingerprint density at radius 2 is 1.97 bits per heavy atom. The van der Waals surface area contributed by atoms with E-state index in [1.165, 1.54) is 12.3 Å². The zero-order valence-corrected chi connectivity index (χ0v) is 15.4. The van der Waals surface area contributed by atoms with Crippen molar-refractivity contribution in [3.05, 3.63) is 64.3 Å². The van der Waals surface area contributed by atoms with Crippen LogP contribution in [0.5, 0.6) is 11.5 Å². The van der Waals surface area contributed by atoms with Crippen molar-refractivity contribution in [3.8, 4) is 17.6 Å². The van der Waals surface area contributed by atoms with Crippen LogP contribution in [0, 0.1) is 11.3 Å². The van der Waals surface area contributed by atoms with Crippen LogP contribution in [0.25, 0.3) is 0 Å². The molecule has 1 amide bonds. The number of nitrogens with one attached hydrogen (secondary N) is 2. The first-order valence-electron chi connectivity index (χ1n) is 8.18. The maximum atomic E-state index is 12.9. The predicted molar refractivity (Wildman–Crippen MR) is 98.2 cm³/mol. The molecule has 0 bridgehead atoms. The minimum atomic E-state index is -4.67. The fourth-order valence-electron chi connectivity index (χ4n) is 2.49. The quantitative estimate of drug-likeness (QED) is 0.555. The van der Waals surface area contributed by atoms with Crippen LogP contribution in [0.1, 0.15) is 11.1 Å². The lowest BCUT2D eigenvalue weighted by Crippen LogP contribution is -2.17. The Hall–Kier alpha value is -3.38. The average molecular weight is 424 g/mol. The Kier molecular flexibility index (Phi) is 5.84. The molecule has 2 aromatic carbocycles. The Balaban J connectivity index is 1.65. The number of benzene rings is 2. The summed E-state index contributed by atoms with van der Waals surface area (Å²) in [5.41, 5.74) is -0.714. The van der Waals surface area contributed by atoms with Gasteiger partial charge in [-0.3, -0.25) is 4.79 Å². The summed E-state index contributed by atoms with van der Waals surface area (Å²) >= 11 is 5.55. The minimum absolute atomic E-state index is 0.136. The monoisotopic (exact) mass is 423 g/mol. The molecule has 10 heteroatoms. The third kappa shape index (κ3) is 4.92. The summed E-state index contributed by atoms with van der Waals surface area (Å²) in [7, 11) is 0. The Morgan fingerprint density at radius 1 is 1.21 bits per heavy atom. The van der Waals surface area contributed by atoms with Crippen LogP contribution < -0.4 is 20.1 Å². The van der Waals surface area contributed by atoms with E-state index in [0.29, 0.717) is 17.6 Å². The molecular formula is C19H13ClF3N3O3. The standard InChI is InChI=1S/C19H13ClF3N3O3/c20-15-3-2-13(6-14(15)19(21,22)23)26-18(27)12(7-24)9-25-8-11-1-4-16-17(5-11)29-10-28-16/h1-6,9,25H,8,10H2,(H,26,27)/b12-9-. The van der Waals surface area contributed by atoms with Crippen LogP contribution in [0.15, 0.2) is 48.2 Å². The van der Waals surface area contributed by atoms with E-state index >= 15 is 0 Å². The Bertz CT molecular complexity index is 1020. The molecule has 0 saturated heterocycles. The molecule has 0 unspecified atom stereocenters. The van der Waals surface area contributed by atoms with Crippen molar-refractivity contribution in [2.24, 2.45) is 0 Å². The molecule has 0 spiro atoms. The molecule has 0 saturated carbocycles. The maximum absolute atomic E-state index is 12.9. The summed E-state index contributed by atoms with van der Waals surface area (Å²) in [6, 6.07) is 9.91. The molecule has 1 aliphatic heterocycles. The average Bonchev–Trinajstić information content (AvgIpc) is 3.13. The van der Waals surface area contributed by atoms with Crippen LogP contribution in [0.3, 0.4) is 0 Å². The van der Waals surface area contributed by atoms with E-state index in [1.807, 2.05) is 0 Å². The first-order chi connectivity index (χ1) is 13.8. The van der Waals surface area contributed by atoms with Crippen LogP contribution in [-0.4, -0.2) is 12.7 Å². The van der Waals surface area contributed by atoms with Gasteiger partial charge >= 0.3 is 6.18 Å². The molecule has 6 nitrogen and oxygen atoms in total. The Morgan fingerprint density at radius 3 is 2.69 bits per heavy atom. The largest absolute Gasteiger partial charge is 0.454 e. The smallest absolute Gasteiger partial charge is 0.417 e. The van der Waals surface area contributed by atoms with E-state index in [0.717, 1.165) is 11.6 Å². The lowest BCUT2D eigenvalue weighted by Gasteiger charge is -2.11. The number of hydrogen-bond acceptors (Lipinski definition) is 5. The van der Waals surface area contributed by atoms with Gasteiger partial charge in [-0.2, -0.15) is 18.4 Å². The van der Waals surface area contributed by atoms with Crippen molar-refractivity contribution < 1.29 is 27.4 Å². The van der Waals surface area contributed by atoms with Gasteiger partial charge in [-0.05, 0) is 35.9 Å². The number of anilines is 1. The minimum Gasteiger partial charge on any atom is -0.454 e. The molecule has 0 atom stereocenters. The van der Waals surface area contributed by atoms with Gasteiger partial charge in [-0.1, -0.05) is 17.7 Å². The summed E-state index contributed by atoms with van der Waals surface area (Å²) in [5, 5.41) is 13.7. The van der Waals surface area contributed by atoms with Gasteiger partial charge in [0.1, 0.15) is 11.6 Å². The predicted octanol–water partition coefficient (Wildman–Crippen LogP) is 4.22. The summed E-state index contributed by atoms with van der Waals surface area (Å²) in [4.78, 5) is 12.2. The topological polar surface area (TPSA) is 83.4 Å². The molecule has 150 valence electrons. The number of carbonyl (C=O) groups excluding carboxylic acids is 1. The number of carbonyl (C=O) groups is 1. The molecule has 1 heterocycles. The SMILES string of the molecule is N#C/C(=C/NCc1ccc2c(c1)OCO2)C(=O)Nc1ccc(Cl)c(C(F)(F)F)c1. The normalized spacial score (nSPS) is 13.0. The van der Waals surface area contributed by atoms with Gasteiger partial charge in [0.2, 0.25) is 6.79 Å². The van der Waals surface area contributed by atoms with Crippen molar-refractivity contribution in [2.75, 3.05) is 12.1 Å². The first-order valence-corrected chi connectivity index (χ1v) is 8.56. The fraction of sp³-hybridized carbons (Fsp3) is 0.158. The van der Waals surface area contributed by atoms with Gasteiger partial charge in [0.25, 0.3) is 5.91 Å². The number of ether oxygens (including phenoxy) is 2. The molecule has 0 fully saturated rings. The van der Waals surface area contributed by atoms with Crippen molar-refractivity contribution in [1.29, 1.82) is 5.26 Å². The van der Waals surface area contributed by atoms with Crippen LogP contribution in [0.2, 0.25) is 5.02 Å². The number of nitriles is 1. The molecule has 29 heavy (non-hydrogen) atoms. The highest BCUT2D eigenvalue weighted by Crippen LogP contribution is 2.36. The van der Waals surface area contributed by atoms with Crippen LogP contribution in [-0.2, 0) is 17.5 Å². The van der Waals surface area contributed by atoms with Gasteiger partial charge in [0.05, 0.1) is 10.6 Å². The highest BCUT2D eigenvalue weighted by Gasteiger charge is 2.33. The second kappa shape index (κ2) is 8.32. The van der Waals surface area contributed by atoms with E-state index < -0.39 is 22.7 Å². The number of halogens is 4. The zero-order chi connectivity index (χ0) is 21.0. The lowest BCUT2D eigenvalue weighted by molar-refractivity contribution is -0.137. The van der Waals surface area contributed by atoms with Crippen molar-refractivity contribution in [2.45, 2.75) is 12.7 Å². The van der Waals surface area contributed by atoms with E-state index in [4.69, 9.17) is 26.3 Å². The van der Waals surface area contributed by atoms with E-state index in [2.05, 4.69) is 10.6 Å².